The first-order valence-electron chi connectivity index (χ1n) is 5.16. The van der Waals surface area contributed by atoms with Crippen molar-refractivity contribution in [2.75, 3.05) is 5.32 Å². The van der Waals surface area contributed by atoms with Gasteiger partial charge in [-0.1, -0.05) is 22.4 Å². The predicted octanol–water partition coefficient (Wildman–Crippen LogP) is 3.01. The summed E-state index contributed by atoms with van der Waals surface area (Å²) < 4.78 is 42.6. The van der Waals surface area contributed by atoms with Crippen molar-refractivity contribution in [3.63, 3.8) is 0 Å². The van der Waals surface area contributed by atoms with Gasteiger partial charge in [0.25, 0.3) is 0 Å². The van der Waals surface area contributed by atoms with E-state index in [-0.39, 0.29) is 12.2 Å². The first-order valence-corrected chi connectivity index (χ1v) is 5.16. The standard InChI is InChI=1S/C11H10F3N3O/c1-7-10(17-18-16-7)6-15-9-5-3-2-4-8(9)11(12,13)14/h2-5,15H,6H2,1H3. The fourth-order valence-corrected chi connectivity index (χ4v) is 1.47. The van der Waals surface area contributed by atoms with E-state index in [9.17, 15) is 13.2 Å². The molecule has 0 bridgehead atoms. The summed E-state index contributed by atoms with van der Waals surface area (Å²) >= 11 is 0. The van der Waals surface area contributed by atoms with Gasteiger partial charge in [0.05, 0.1) is 12.1 Å². The van der Waals surface area contributed by atoms with Crippen LogP contribution in [0.3, 0.4) is 0 Å². The zero-order chi connectivity index (χ0) is 13.2. The van der Waals surface area contributed by atoms with Crippen molar-refractivity contribution in [3.05, 3.63) is 41.2 Å². The van der Waals surface area contributed by atoms with Crippen LogP contribution >= 0.6 is 0 Å². The summed E-state index contributed by atoms with van der Waals surface area (Å²) in [7, 11) is 0. The summed E-state index contributed by atoms with van der Waals surface area (Å²) in [4.78, 5) is 0. The van der Waals surface area contributed by atoms with Gasteiger partial charge in [-0.3, -0.25) is 0 Å². The predicted molar refractivity (Wildman–Crippen MR) is 57.8 cm³/mol. The second-order valence-corrected chi connectivity index (χ2v) is 3.69. The molecule has 96 valence electrons. The summed E-state index contributed by atoms with van der Waals surface area (Å²) in [5, 5.41) is 9.83. The first-order chi connectivity index (χ1) is 8.48. The van der Waals surface area contributed by atoms with Crippen LogP contribution in [0.2, 0.25) is 0 Å². The van der Waals surface area contributed by atoms with Crippen LogP contribution in [0.1, 0.15) is 17.0 Å². The maximum atomic E-state index is 12.7. The molecule has 7 heteroatoms. The topological polar surface area (TPSA) is 51.0 Å². The molecule has 0 saturated heterocycles. The highest BCUT2D eigenvalue weighted by molar-refractivity contribution is 5.52. The Morgan fingerprint density at radius 1 is 1.22 bits per heavy atom. The molecule has 0 unspecified atom stereocenters. The van der Waals surface area contributed by atoms with Crippen molar-refractivity contribution in [3.8, 4) is 0 Å². The molecule has 0 saturated carbocycles. The molecule has 0 atom stereocenters. The molecule has 0 radical (unpaired) electrons. The van der Waals surface area contributed by atoms with Crippen LogP contribution in [0.25, 0.3) is 0 Å². The highest BCUT2D eigenvalue weighted by atomic mass is 19.4. The number of alkyl halides is 3. The maximum Gasteiger partial charge on any atom is 0.418 e. The highest BCUT2D eigenvalue weighted by Crippen LogP contribution is 2.34. The molecule has 1 heterocycles. The molecular formula is C11H10F3N3O. The van der Waals surface area contributed by atoms with E-state index >= 15 is 0 Å². The SMILES string of the molecule is Cc1nonc1CNc1ccccc1C(F)(F)F. The summed E-state index contributed by atoms with van der Waals surface area (Å²) in [6.45, 7) is 1.80. The fraction of sp³-hybridized carbons (Fsp3) is 0.273. The molecule has 18 heavy (non-hydrogen) atoms. The van der Waals surface area contributed by atoms with Crippen molar-refractivity contribution < 1.29 is 17.8 Å². The minimum atomic E-state index is -4.39. The number of halogens is 3. The van der Waals surface area contributed by atoms with Gasteiger partial charge in [-0.25, -0.2) is 4.63 Å². The summed E-state index contributed by atoms with van der Waals surface area (Å²) in [6, 6.07) is 5.27. The average molecular weight is 257 g/mol. The molecule has 0 amide bonds. The molecular weight excluding hydrogens is 247 g/mol. The van der Waals surface area contributed by atoms with Crippen LogP contribution in [0.15, 0.2) is 28.9 Å². The van der Waals surface area contributed by atoms with Crippen molar-refractivity contribution in [1.82, 2.24) is 10.3 Å². The van der Waals surface area contributed by atoms with Gasteiger partial charge >= 0.3 is 6.18 Å². The number of benzene rings is 1. The van der Waals surface area contributed by atoms with E-state index in [1.165, 1.54) is 18.2 Å². The number of aryl methyl sites for hydroxylation is 1. The van der Waals surface area contributed by atoms with Gasteiger partial charge in [0, 0.05) is 5.69 Å². The number of rotatable bonds is 3. The third-order valence-corrected chi connectivity index (χ3v) is 2.43. The number of para-hydroxylation sites is 1. The molecule has 1 aromatic carbocycles. The summed E-state index contributed by atoms with van der Waals surface area (Å²) in [5.41, 5.74) is 0.325. The Kier molecular flexibility index (Phi) is 3.22. The normalized spacial score (nSPS) is 11.6. The molecule has 2 aromatic rings. The van der Waals surface area contributed by atoms with Crippen LogP contribution in [0.4, 0.5) is 18.9 Å². The minimum Gasteiger partial charge on any atom is -0.379 e. The lowest BCUT2D eigenvalue weighted by Gasteiger charge is -2.13. The van der Waals surface area contributed by atoms with Gasteiger partial charge in [0.15, 0.2) is 0 Å². The molecule has 4 nitrogen and oxygen atoms in total. The van der Waals surface area contributed by atoms with E-state index in [0.29, 0.717) is 11.4 Å². The van der Waals surface area contributed by atoms with Crippen LogP contribution in [0, 0.1) is 6.92 Å². The second-order valence-electron chi connectivity index (χ2n) is 3.69. The van der Waals surface area contributed by atoms with Gasteiger partial charge in [-0.05, 0) is 19.1 Å². The van der Waals surface area contributed by atoms with Crippen LogP contribution in [-0.4, -0.2) is 10.3 Å². The van der Waals surface area contributed by atoms with Gasteiger partial charge in [-0.15, -0.1) is 0 Å². The zero-order valence-corrected chi connectivity index (χ0v) is 9.45. The second kappa shape index (κ2) is 4.67. The molecule has 1 aromatic heterocycles. The van der Waals surface area contributed by atoms with Crippen LogP contribution in [-0.2, 0) is 12.7 Å². The minimum absolute atomic E-state index is 0.00685. The van der Waals surface area contributed by atoms with E-state index in [1.807, 2.05) is 0 Å². The Bertz CT molecular complexity index is 536. The van der Waals surface area contributed by atoms with Gasteiger partial charge in [-0.2, -0.15) is 13.2 Å². The van der Waals surface area contributed by atoms with Crippen molar-refractivity contribution in [2.24, 2.45) is 0 Å². The molecule has 0 spiro atoms. The number of hydrogen-bond donors (Lipinski definition) is 1. The van der Waals surface area contributed by atoms with E-state index in [2.05, 4.69) is 20.3 Å². The maximum absolute atomic E-state index is 12.7. The number of nitrogens with one attached hydrogen (secondary N) is 1. The van der Waals surface area contributed by atoms with E-state index in [4.69, 9.17) is 0 Å². The zero-order valence-electron chi connectivity index (χ0n) is 9.45. The third kappa shape index (κ3) is 2.61. The Labute approximate surface area is 101 Å². The van der Waals surface area contributed by atoms with Crippen LogP contribution in [0.5, 0.6) is 0 Å². The Morgan fingerprint density at radius 2 is 1.94 bits per heavy atom. The van der Waals surface area contributed by atoms with Crippen molar-refractivity contribution >= 4 is 5.69 Å². The van der Waals surface area contributed by atoms with Crippen molar-refractivity contribution in [1.29, 1.82) is 0 Å². The lowest BCUT2D eigenvalue weighted by molar-refractivity contribution is -0.136. The number of aromatic nitrogens is 2. The van der Waals surface area contributed by atoms with Crippen molar-refractivity contribution in [2.45, 2.75) is 19.6 Å². The molecule has 0 aliphatic heterocycles. The van der Waals surface area contributed by atoms with Crippen LogP contribution < -0.4 is 5.32 Å². The summed E-state index contributed by atoms with van der Waals surface area (Å²) in [5.74, 6) is 0. The molecule has 0 fully saturated rings. The molecule has 1 N–H and O–H groups in total. The number of anilines is 1. The van der Waals surface area contributed by atoms with E-state index in [1.54, 1.807) is 6.92 Å². The molecule has 0 aliphatic carbocycles. The van der Waals surface area contributed by atoms with Gasteiger partial charge in [0.2, 0.25) is 0 Å². The lowest BCUT2D eigenvalue weighted by atomic mass is 10.1. The smallest absolute Gasteiger partial charge is 0.379 e. The average Bonchev–Trinajstić information content (AvgIpc) is 2.71. The first kappa shape index (κ1) is 12.4. The third-order valence-electron chi connectivity index (χ3n) is 2.43. The lowest BCUT2D eigenvalue weighted by Crippen LogP contribution is -2.11. The van der Waals surface area contributed by atoms with Gasteiger partial charge < -0.3 is 5.32 Å². The quantitative estimate of drug-likeness (QED) is 0.918. The number of hydrogen-bond acceptors (Lipinski definition) is 4. The Balaban J connectivity index is 2.17. The monoisotopic (exact) mass is 257 g/mol. The Hall–Kier alpha value is -2.05. The van der Waals surface area contributed by atoms with E-state index in [0.717, 1.165) is 6.07 Å². The summed E-state index contributed by atoms with van der Waals surface area (Å²) in [6.07, 6.45) is -4.39. The number of nitrogens with zero attached hydrogens (tertiary/aromatic N) is 2. The van der Waals surface area contributed by atoms with Gasteiger partial charge in [0.1, 0.15) is 11.4 Å². The fourth-order valence-electron chi connectivity index (χ4n) is 1.47. The Morgan fingerprint density at radius 3 is 2.56 bits per heavy atom. The highest BCUT2D eigenvalue weighted by Gasteiger charge is 2.33. The largest absolute Gasteiger partial charge is 0.418 e. The molecule has 2 rings (SSSR count). The molecule has 0 aliphatic rings. The van der Waals surface area contributed by atoms with E-state index < -0.39 is 11.7 Å².